The van der Waals surface area contributed by atoms with Gasteiger partial charge in [0, 0.05) is 18.8 Å². The number of hydrogen-bond acceptors (Lipinski definition) is 3. The Morgan fingerprint density at radius 2 is 2.38 bits per heavy atom. The normalized spacial score (nSPS) is 10.9. The van der Waals surface area contributed by atoms with E-state index in [0.717, 1.165) is 22.2 Å². The molecule has 0 atom stereocenters. The third-order valence-corrected chi connectivity index (χ3v) is 2.33. The molecule has 0 aromatic carbocycles. The molecule has 2 rings (SSSR count). The van der Waals surface area contributed by atoms with E-state index in [1.165, 1.54) is 0 Å². The number of halogens is 1. The summed E-state index contributed by atoms with van der Waals surface area (Å²) in [5.41, 5.74) is 7.33. The Morgan fingerprint density at radius 1 is 1.54 bits per heavy atom. The van der Waals surface area contributed by atoms with E-state index in [1.54, 1.807) is 12.5 Å². The van der Waals surface area contributed by atoms with Gasteiger partial charge in [0.05, 0.1) is 10.2 Å². The molecule has 5 heteroatoms. The fraction of sp³-hybridized carbons (Fsp3) is 0.250. The van der Waals surface area contributed by atoms with Crippen LogP contribution in [0.25, 0.3) is 5.65 Å². The lowest BCUT2D eigenvalue weighted by atomic mass is 10.3. The molecule has 0 saturated heterocycles. The van der Waals surface area contributed by atoms with Crippen molar-refractivity contribution in [2.75, 3.05) is 6.54 Å². The number of hydrogen-bond donors (Lipinski definition) is 1. The standard InChI is InChI=1S/C8H9BrN4/c9-7-3-11-5-13-4-6(1-2-10)12-8(7)13/h3-5H,1-2,10H2. The van der Waals surface area contributed by atoms with E-state index in [1.807, 2.05) is 10.6 Å². The van der Waals surface area contributed by atoms with Crippen molar-refractivity contribution in [3.05, 3.63) is 28.9 Å². The molecule has 4 nitrogen and oxygen atoms in total. The quantitative estimate of drug-likeness (QED) is 0.853. The van der Waals surface area contributed by atoms with Gasteiger partial charge >= 0.3 is 0 Å². The molecule has 0 amide bonds. The Hall–Kier alpha value is -0.940. The van der Waals surface area contributed by atoms with Gasteiger partial charge < -0.3 is 5.73 Å². The van der Waals surface area contributed by atoms with Gasteiger partial charge in [0.25, 0.3) is 0 Å². The molecule has 0 aliphatic heterocycles. The van der Waals surface area contributed by atoms with Crippen LogP contribution in [0.2, 0.25) is 0 Å². The third kappa shape index (κ3) is 1.57. The Kier molecular flexibility index (Phi) is 2.28. The Labute approximate surface area is 83.9 Å². The average Bonchev–Trinajstić information content (AvgIpc) is 2.49. The highest BCUT2D eigenvalue weighted by atomic mass is 79.9. The third-order valence-electron chi connectivity index (χ3n) is 1.78. The number of aromatic nitrogens is 3. The topological polar surface area (TPSA) is 56.2 Å². The predicted octanol–water partition coefficient (Wildman–Crippen LogP) is 0.993. The Balaban J connectivity index is 2.55. The van der Waals surface area contributed by atoms with Gasteiger partial charge in [-0.2, -0.15) is 0 Å². The lowest BCUT2D eigenvalue weighted by molar-refractivity contribution is 0.936. The van der Waals surface area contributed by atoms with Gasteiger partial charge in [0.2, 0.25) is 0 Å². The van der Waals surface area contributed by atoms with Crippen molar-refractivity contribution in [2.45, 2.75) is 6.42 Å². The van der Waals surface area contributed by atoms with Crippen molar-refractivity contribution in [3.8, 4) is 0 Å². The second kappa shape index (κ2) is 3.43. The zero-order valence-corrected chi connectivity index (χ0v) is 8.53. The second-order valence-electron chi connectivity index (χ2n) is 2.74. The fourth-order valence-electron chi connectivity index (χ4n) is 1.21. The van der Waals surface area contributed by atoms with Gasteiger partial charge in [-0.05, 0) is 22.5 Å². The van der Waals surface area contributed by atoms with Crippen LogP contribution in [-0.4, -0.2) is 20.9 Å². The summed E-state index contributed by atoms with van der Waals surface area (Å²) in [6.07, 6.45) is 6.20. The summed E-state index contributed by atoms with van der Waals surface area (Å²) in [5, 5.41) is 0. The summed E-state index contributed by atoms with van der Waals surface area (Å²) in [7, 11) is 0. The number of imidazole rings is 1. The van der Waals surface area contributed by atoms with Crippen molar-refractivity contribution in [1.82, 2.24) is 14.4 Å². The lowest BCUT2D eigenvalue weighted by Crippen LogP contribution is -2.02. The summed E-state index contributed by atoms with van der Waals surface area (Å²) in [5.74, 6) is 0. The van der Waals surface area contributed by atoms with Crippen LogP contribution in [0.5, 0.6) is 0 Å². The fourth-order valence-corrected chi connectivity index (χ4v) is 1.62. The molecule has 0 unspecified atom stereocenters. The van der Waals surface area contributed by atoms with Crippen molar-refractivity contribution in [1.29, 1.82) is 0 Å². The molecular formula is C8H9BrN4. The minimum atomic E-state index is 0.620. The number of fused-ring (bicyclic) bond motifs is 1. The molecule has 2 heterocycles. The van der Waals surface area contributed by atoms with Crippen LogP contribution in [0.15, 0.2) is 23.2 Å². The average molecular weight is 241 g/mol. The van der Waals surface area contributed by atoms with Crippen LogP contribution in [0, 0.1) is 0 Å². The van der Waals surface area contributed by atoms with E-state index >= 15 is 0 Å². The molecular weight excluding hydrogens is 232 g/mol. The van der Waals surface area contributed by atoms with Gasteiger partial charge in [-0.15, -0.1) is 0 Å². The van der Waals surface area contributed by atoms with Crippen molar-refractivity contribution in [3.63, 3.8) is 0 Å². The zero-order chi connectivity index (χ0) is 9.26. The first-order valence-electron chi connectivity index (χ1n) is 3.98. The first-order chi connectivity index (χ1) is 6.31. The minimum absolute atomic E-state index is 0.620. The number of rotatable bonds is 2. The van der Waals surface area contributed by atoms with Crippen LogP contribution in [0.1, 0.15) is 5.69 Å². The summed E-state index contributed by atoms with van der Waals surface area (Å²) in [6.45, 7) is 0.620. The first kappa shape index (κ1) is 8.65. The smallest absolute Gasteiger partial charge is 0.154 e. The summed E-state index contributed by atoms with van der Waals surface area (Å²) in [6, 6.07) is 0. The highest BCUT2D eigenvalue weighted by Crippen LogP contribution is 2.15. The zero-order valence-electron chi connectivity index (χ0n) is 6.94. The van der Waals surface area contributed by atoms with Crippen LogP contribution >= 0.6 is 15.9 Å². The van der Waals surface area contributed by atoms with Gasteiger partial charge in [0.1, 0.15) is 6.33 Å². The maximum Gasteiger partial charge on any atom is 0.154 e. The summed E-state index contributed by atoms with van der Waals surface area (Å²) < 4.78 is 2.79. The van der Waals surface area contributed by atoms with Crippen LogP contribution in [0.3, 0.4) is 0 Å². The van der Waals surface area contributed by atoms with Gasteiger partial charge in [0.15, 0.2) is 5.65 Å². The molecule has 68 valence electrons. The Bertz CT molecular complexity index is 423. The van der Waals surface area contributed by atoms with Gasteiger partial charge in [-0.25, -0.2) is 9.97 Å². The molecule has 2 N–H and O–H groups in total. The molecule has 0 saturated carbocycles. The maximum absolute atomic E-state index is 5.44. The van der Waals surface area contributed by atoms with Gasteiger partial charge in [-0.1, -0.05) is 0 Å². The van der Waals surface area contributed by atoms with E-state index in [4.69, 9.17) is 5.73 Å². The summed E-state index contributed by atoms with van der Waals surface area (Å²) in [4.78, 5) is 8.43. The van der Waals surface area contributed by atoms with E-state index in [2.05, 4.69) is 25.9 Å². The molecule has 0 aliphatic rings. The number of nitrogens with zero attached hydrogens (tertiary/aromatic N) is 3. The maximum atomic E-state index is 5.44. The van der Waals surface area contributed by atoms with Gasteiger partial charge in [-0.3, -0.25) is 4.40 Å². The van der Waals surface area contributed by atoms with Crippen molar-refractivity contribution in [2.24, 2.45) is 5.73 Å². The second-order valence-corrected chi connectivity index (χ2v) is 3.60. The van der Waals surface area contributed by atoms with Crippen molar-refractivity contribution >= 4 is 21.6 Å². The van der Waals surface area contributed by atoms with E-state index < -0.39 is 0 Å². The summed E-state index contributed by atoms with van der Waals surface area (Å²) >= 11 is 3.38. The molecule has 0 fully saturated rings. The van der Waals surface area contributed by atoms with Crippen LogP contribution in [-0.2, 0) is 6.42 Å². The first-order valence-corrected chi connectivity index (χ1v) is 4.77. The number of nitrogens with two attached hydrogens (primary N) is 1. The molecule has 0 aliphatic carbocycles. The highest BCUT2D eigenvalue weighted by molar-refractivity contribution is 9.10. The SMILES string of the molecule is NCCc1cn2cncc(Br)c2n1. The van der Waals surface area contributed by atoms with Crippen molar-refractivity contribution < 1.29 is 0 Å². The van der Waals surface area contributed by atoms with E-state index in [0.29, 0.717) is 6.54 Å². The molecule has 0 radical (unpaired) electrons. The predicted molar refractivity (Wildman–Crippen MR) is 53.4 cm³/mol. The largest absolute Gasteiger partial charge is 0.330 e. The molecule has 2 aromatic rings. The Morgan fingerprint density at radius 3 is 3.08 bits per heavy atom. The van der Waals surface area contributed by atoms with Crippen LogP contribution < -0.4 is 5.73 Å². The highest BCUT2D eigenvalue weighted by Gasteiger charge is 2.03. The minimum Gasteiger partial charge on any atom is -0.330 e. The monoisotopic (exact) mass is 240 g/mol. The molecule has 0 spiro atoms. The molecule has 13 heavy (non-hydrogen) atoms. The van der Waals surface area contributed by atoms with E-state index in [-0.39, 0.29) is 0 Å². The molecule has 0 bridgehead atoms. The van der Waals surface area contributed by atoms with Crippen LogP contribution in [0.4, 0.5) is 0 Å². The van der Waals surface area contributed by atoms with E-state index in [9.17, 15) is 0 Å². The lowest BCUT2D eigenvalue weighted by Gasteiger charge is -1.91. The molecule has 2 aromatic heterocycles.